The number of terminal acetylenes is 1. The van der Waals surface area contributed by atoms with Crippen LogP contribution in [-0.2, 0) is 21.2 Å². The first-order valence-corrected chi connectivity index (χ1v) is 11.3. The Morgan fingerprint density at radius 3 is 2.48 bits per heavy atom. The number of hydrogen-bond donors (Lipinski definition) is 0. The molecule has 6 nitrogen and oxygen atoms in total. The first kappa shape index (κ1) is 21.4. The molecule has 0 aliphatic rings. The van der Waals surface area contributed by atoms with E-state index in [1.807, 2.05) is 0 Å². The lowest BCUT2D eigenvalue weighted by Crippen LogP contribution is -2.21. The van der Waals surface area contributed by atoms with Crippen LogP contribution in [0, 0.1) is 12.3 Å². The van der Waals surface area contributed by atoms with Gasteiger partial charge in [0, 0.05) is 0 Å². The molecule has 0 bridgehead atoms. The van der Waals surface area contributed by atoms with Crippen molar-refractivity contribution in [1.29, 1.82) is 0 Å². The number of methoxy groups -OCH3 is 1. The molecule has 10 heteroatoms. The Bertz CT molecular complexity index is 1300. The van der Waals surface area contributed by atoms with Crippen LogP contribution in [0.15, 0.2) is 46.3 Å². The Labute approximate surface area is 181 Å². The van der Waals surface area contributed by atoms with Crippen molar-refractivity contribution >= 4 is 60.5 Å². The Morgan fingerprint density at radius 2 is 1.86 bits per heavy atom. The van der Waals surface area contributed by atoms with Gasteiger partial charge in [0.1, 0.15) is 11.5 Å². The van der Waals surface area contributed by atoms with Crippen molar-refractivity contribution in [1.82, 2.24) is 4.57 Å². The van der Waals surface area contributed by atoms with E-state index in [4.69, 9.17) is 34.4 Å². The van der Waals surface area contributed by atoms with Crippen LogP contribution in [0.2, 0.25) is 10.0 Å². The van der Waals surface area contributed by atoms with E-state index >= 15 is 0 Å². The van der Waals surface area contributed by atoms with Crippen molar-refractivity contribution in [2.45, 2.75) is 11.4 Å². The summed E-state index contributed by atoms with van der Waals surface area (Å²) in [5.74, 6) is 1.37. The first-order valence-electron chi connectivity index (χ1n) is 8.12. The Morgan fingerprint density at radius 1 is 1.21 bits per heavy atom. The van der Waals surface area contributed by atoms with E-state index < -0.39 is 21.5 Å². The minimum Gasteiger partial charge on any atom is -0.497 e. The second-order valence-electron chi connectivity index (χ2n) is 5.82. The number of carbonyl (C=O) groups excluding carboxylic acids is 1. The molecule has 3 rings (SSSR count). The second-order valence-corrected chi connectivity index (χ2v) is 9.60. The molecular weight excluding hydrogens is 455 g/mol. The molecule has 29 heavy (non-hydrogen) atoms. The molecule has 0 atom stereocenters. The molecule has 0 spiro atoms. The van der Waals surface area contributed by atoms with Crippen molar-refractivity contribution in [3.8, 4) is 18.1 Å². The third-order valence-electron chi connectivity index (χ3n) is 3.93. The van der Waals surface area contributed by atoms with E-state index in [1.54, 1.807) is 16.7 Å². The van der Waals surface area contributed by atoms with Crippen LogP contribution >= 0.6 is 34.5 Å². The fourth-order valence-corrected chi connectivity index (χ4v) is 5.37. The van der Waals surface area contributed by atoms with Gasteiger partial charge in [0.15, 0.2) is 14.6 Å². The molecule has 0 radical (unpaired) electrons. The third-order valence-corrected chi connectivity index (χ3v) is 7.39. The fraction of sp³-hybridized carbons (Fsp3) is 0.158. The van der Waals surface area contributed by atoms with E-state index in [0.717, 1.165) is 11.3 Å². The predicted molar refractivity (Wildman–Crippen MR) is 114 cm³/mol. The number of sulfone groups is 1. The van der Waals surface area contributed by atoms with Gasteiger partial charge in [-0.2, -0.15) is 4.99 Å². The number of amides is 1. The quantitative estimate of drug-likeness (QED) is 0.536. The number of halogens is 2. The molecule has 0 saturated carbocycles. The molecular formula is C19H14Cl2N2O4S2. The highest BCUT2D eigenvalue weighted by atomic mass is 35.5. The van der Waals surface area contributed by atoms with Crippen LogP contribution in [0.5, 0.6) is 5.75 Å². The first-order chi connectivity index (χ1) is 13.8. The average Bonchev–Trinajstić information content (AvgIpc) is 3.04. The number of benzene rings is 2. The van der Waals surface area contributed by atoms with Gasteiger partial charge in [-0.05, 0) is 36.4 Å². The summed E-state index contributed by atoms with van der Waals surface area (Å²) in [5, 5.41) is 0.829. The van der Waals surface area contributed by atoms with Gasteiger partial charge in [-0.15, -0.1) is 6.42 Å². The minimum atomic E-state index is -3.87. The van der Waals surface area contributed by atoms with Gasteiger partial charge in [0.25, 0.3) is 5.91 Å². The lowest BCUT2D eigenvalue weighted by Gasteiger charge is -2.04. The lowest BCUT2D eigenvalue weighted by atomic mass is 10.3. The van der Waals surface area contributed by atoms with Crippen molar-refractivity contribution in [2.24, 2.45) is 4.99 Å². The maximum atomic E-state index is 12.5. The molecule has 1 heterocycles. The Balaban J connectivity index is 2.01. The van der Waals surface area contributed by atoms with Gasteiger partial charge in [-0.1, -0.05) is 40.5 Å². The smallest absolute Gasteiger partial charge is 0.263 e. The molecule has 3 aromatic rings. The number of aromatic nitrogens is 1. The molecule has 150 valence electrons. The molecule has 2 aromatic carbocycles. The molecule has 0 aliphatic heterocycles. The molecule has 1 aromatic heterocycles. The van der Waals surface area contributed by atoms with Crippen molar-refractivity contribution in [3.05, 3.63) is 51.2 Å². The van der Waals surface area contributed by atoms with Crippen molar-refractivity contribution in [2.75, 3.05) is 12.9 Å². The average molecular weight is 469 g/mol. The van der Waals surface area contributed by atoms with Gasteiger partial charge in [-0.3, -0.25) is 4.79 Å². The van der Waals surface area contributed by atoms with Gasteiger partial charge in [-0.25, -0.2) is 8.42 Å². The van der Waals surface area contributed by atoms with E-state index in [2.05, 4.69) is 10.9 Å². The Kier molecular flexibility index (Phi) is 6.34. The highest BCUT2D eigenvalue weighted by Crippen LogP contribution is 2.31. The topological polar surface area (TPSA) is 77.7 Å². The lowest BCUT2D eigenvalue weighted by molar-refractivity contribution is -0.115. The summed E-state index contributed by atoms with van der Waals surface area (Å²) in [6, 6.07) is 9.00. The normalized spacial score (nSPS) is 12.1. The van der Waals surface area contributed by atoms with Gasteiger partial charge >= 0.3 is 0 Å². The van der Waals surface area contributed by atoms with Gasteiger partial charge < -0.3 is 9.30 Å². The SMILES string of the molecule is C#CCn1c(=NC(=O)CS(=O)(=O)c2ccc(OC)cc2)sc2c(Cl)ccc(Cl)c21. The Hall–Kier alpha value is -2.31. The largest absolute Gasteiger partial charge is 0.497 e. The summed E-state index contributed by atoms with van der Waals surface area (Å²) in [5.41, 5.74) is 0.548. The number of carbonyl (C=O) groups is 1. The molecule has 0 fully saturated rings. The summed E-state index contributed by atoms with van der Waals surface area (Å²) < 4.78 is 32.2. The summed E-state index contributed by atoms with van der Waals surface area (Å²) in [6.07, 6.45) is 5.43. The summed E-state index contributed by atoms with van der Waals surface area (Å²) in [6.45, 7) is 0.0946. The number of rotatable bonds is 5. The number of nitrogens with zero attached hydrogens (tertiary/aromatic N) is 2. The standard InChI is InChI=1S/C19H14Cl2N2O4S2/c1-3-10-23-17-14(20)8-9-15(21)18(17)28-19(23)22-16(24)11-29(25,26)13-6-4-12(27-2)5-7-13/h1,4-9H,10-11H2,2H3. The maximum absolute atomic E-state index is 12.5. The van der Waals surface area contributed by atoms with Gasteiger partial charge in [0.2, 0.25) is 0 Å². The van der Waals surface area contributed by atoms with E-state index in [-0.39, 0.29) is 16.2 Å². The van der Waals surface area contributed by atoms with E-state index in [0.29, 0.717) is 26.0 Å². The van der Waals surface area contributed by atoms with Crippen LogP contribution in [0.25, 0.3) is 10.2 Å². The van der Waals surface area contributed by atoms with Gasteiger partial charge in [0.05, 0.1) is 38.8 Å². The van der Waals surface area contributed by atoms with Crippen LogP contribution in [-0.4, -0.2) is 31.8 Å². The van der Waals surface area contributed by atoms with E-state index in [9.17, 15) is 13.2 Å². The van der Waals surface area contributed by atoms with Crippen molar-refractivity contribution in [3.63, 3.8) is 0 Å². The maximum Gasteiger partial charge on any atom is 0.263 e. The molecule has 0 N–H and O–H groups in total. The zero-order chi connectivity index (χ0) is 21.2. The summed E-state index contributed by atoms with van der Waals surface area (Å²) >= 11 is 13.6. The predicted octanol–water partition coefficient (Wildman–Crippen LogP) is 3.55. The minimum absolute atomic E-state index is 0.000723. The number of ether oxygens (including phenoxy) is 1. The monoisotopic (exact) mass is 468 g/mol. The summed E-state index contributed by atoms with van der Waals surface area (Å²) in [7, 11) is -2.40. The molecule has 0 unspecified atom stereocenters. The van der Waals surface area contributed by atoms with Crippen molar-refractivity contribution < 1.29 is 17.9 Å². The molecule has 0 aliphatic carbocycles. The third kappa shape index (κ3) is 4.49. The summed E-state index contributed by atoms with van der Waals surface area (Å²) in [4.78, 5) is 16.6. The second kappa shape index (κ2) is 8.59. The zero-order valence-corrected chi connectivity index (χ0v) is 18.2. The highest BCUT2D eigenvalue weighted by molar-refractivity contribution is 7.92. The van der Waals surface area contributed by atoms with Crippen LogP contribution in [0.1, 0.15) is 0 Å². The number of fused-ring (bicyclic) bond motifs is 1. The molecule has 0 saturated heterocycles. The molecule has 1 amide bonds. The fourth-order valence-electron chi connectivity index (χ4n) is 2.60. The van der Waals surface area contributed by atoms with Crippen LogP contribution < -0.4 is 9.54 Å². The number of hydrogen-bond acceptors (Lipinski definition) is 5. The zero-order valence-electron chi connectivity index (χ0n) is 15.1. The highest BCUT2D eigenvalue weighted by Gasteiger charge is 2.20. The number of thiazole rings is 1. The van der Waals surface area contributed by atoms with Crippen LogP contribution in [0.4, 0.5) is 0 Å². The van der Waals surface area contributed by atoms with E-state index in [1.165, 1.54) is 31.4 Å². The van der Waals surface area contributed by atoms with Crippen LogP contribution in [0.3, 0.4) is 0 Å².